The van der Waals surface area contributed by atoms with Crippen molar-refractivity contribution >= 4 is 23.3 Å². The van der Waals surface area contributed by atoms with E-state index in [-0.39, 0.29) is 18.0 Å². The lowest BCUT2D eigenvalue weighted by Crippen LogP contribution is -2.25. The SMILES string of the molecule is CC(=O)c1c(C)[nH]c(C(=O)[C@H](C)OC(=O)CCc2c(C)nc3ncnn3c2C)c1C. The summed E-state index contributed by atoms with van der Waals surface area (Å²) in [6.07, 6.45) is 0.979. The Morgan fingerprint density at radius 2 is 1.90 bits per heavy atom. The maximum absolute atomic E-state index is 12.7. The standard InChI is InChI=1S/C21H25N5O4/c1-10-18(14(5)27)12(3)24-19(10)20(29)15(6)30-17(28)8-7-16-11(2)25-21-22-9-23-26(21)13(16)4/h9,15,24H,7-8H2,1-6H3/t15-/m0/s1. The van der Waals surface area contributed by atoms with Crippen molar-refractivity contribution in [3.8, 4) is 0 Å². The van der Waals surface area contributed by atoms with Crippen LogP contribution in [0, 0.1) is 27.7 Å². The predicted octanol–water partition coefficient (Wildman–Crippen LogP) is 2.64. The summed E-state index contributed by atoms with van der Waals surface area (Å²) in [5.41, 5.74) is 4.53. The monoisotopic (exact) mass is 411 g/mol. The number of carbonyl (C=O) groups is 3. The van der Waals surface area contributed by atoms with Gasteiger partial charge in [0.05, 0.1) is 5.69 Å². The van der Waals surface area contributed by atoms with Gasteiger partial charge in [-0.2, -0.15) is 10.1 Å². The summed E-state index contributed by atoms with van der Waals surface area (Å²) in [7, 11) is 0. The molecule has 30 heavy (non-hydrogen) atoms. The summed E-state index contributed by atoms with van der Waals surface area (Å²) in [5.74, 6) is -0.457. The molecule has 9 heteroatoms. The lowest BCUT2D eigenvalue weighted by Gasteiger charge is -2.13. The van der Waals surface area contributed by atoms with Crippen molar-refractivity contribution < 1.29 is 19.1 Å². The second-order valence-corrected chi connectivity index (χ2v) is 7.41. The van der Waals surface area contributed by atoms with Gasteiger partial charge in [-0.1, -0.05) is 0 Å². The number of nitrogens with zero attached hydrogens (tertiary/aromatic N) is 4. The molecule has 0 aliphatic rings. The van der Waals surface area contributed by atoms with Gasteiger partial charge >= 0.3 is 5.97 Å². The van der Waals surface area contributed by atoms with E-state index in [0.717, 1.165) is 17.0 Å². The smallest absolute Gasteiger partial charge is 0.306 e. The van der Waals surface area contributed by atoms with Crippen LogP contribution in [0.1, 0.15) is 69.3 Å². The third kappa shape index (κ3) is 3.87. The van der Waals surface area contributed by atoms with E-state index in [1.807, 2.05) is 13.8 Å². The van der Waals surface area contributed by atoms with Crippen LogP contribution in [0.4, 0.5) is 0 Å². The number of ketones is 2. The van der Waals surface area contributed by atoms with Crippen LogP contribution in [-0.2, 0) is 16.0 Å². The van der Waals surface area contributed by atoms with Crippen molar-refractivity contribution in [3.05, 3.63) is 45.8 Å². The van der Waals surface area contributed by atoms with Crippen LogP contribution in [0.5, 0.6) is 0 Å². The minimum absolute atomic E-state index is 0.0998. The number of hydrogen-bond donors (Lipinski definition) is 1. The van der Waals surface area contributed by atoms with Crippen molar-refractivity contribution in [1.29, 1.82) is 0 Å². The minimum atomic E-state index is -0.966. The third-order valence-corrected chi connectivity index (χ3v) is 5.28. The Bertz CT molecular complexity index is 1160. The van der Waals surface area contributed by atoms with Gasteiger partial charge in [-0.25, -0.2) is 9.50 Å². The summed E-state index contributed by atoms with van der Waals surface area (Å²) in [6, 6.07) is 0. The first kappa shape index (κ1) is 21.4. The Morgan fingerprint density at radius 1 is 1.20 bits per heavy atom. The molecule has 0 spiro atoms. The zero-order valence-corrected chi connectivity index (χ0v) is 18.0. The molecular weight excluding hydrogens is 386 g/mol. The molecule has 9 nitrogen and oxygen atoms in total. The number of ether oxygens (including phenoxy) is 1. The van der Waals surface area contributed by atoms with E-state index in [4.69, 9.17) is 4.74 Å². The first-order valence-electron chi connectivity index (χ1n) is 9.71. The van der Waals surface area contributed by atoms with Gasteiger partial charge in [-0.3, -0.25) is 14.4 Å². The lowest BCUT2D eigenvalue weighted by molar-refractivity contribution is -0.146. The highest BCUT2D eigenvalue weighted by Gasteiger charge is 2.26. The molecule has 0 amide bonds. The van der Waals surface area contributed by atoms with Gasteiger partial charge < -0.3 is 9.72 Å². The van der Waals surface area contributed by atoms with Crippen molar-refractivity contribution in [2.24, 2.45) is 0 Å². The summed E-state index contributed by atoms with van der Waals surface area (Å²) >= 11 is 0. The number of H-pyrrole nitrogens is 1. The van der Waals surface area contributed by atoms with E-state index in [2.05, 4.69) is 20.1 Å². The summed E-state index contributed by atoms with van der Waals surface area (Å²) in [5, 5.41) is 4.14. The maximum atomic E-state index is 12.7. The lowest BCUT2D eigenvalue weighted by atomic mass is 10.0. The average Bonchev–Trinajstić information content (AvgIpc) is 3.24. The first-order chi connectivity index (χ1) is 14.1. The van der Waals surface area contributed by atoms with Crippen molar-refractivity contribution in [1.82, 2.24) is 24.6 Å². The van der Waals surface area contributed by atoms with Gasteiger partial charge in [0, 0.05) is 29.1 Å². The predicted molar refractivity (Wildman–Crippen MR) is 109 cm³/mol. The number of hydrogen-bond acceptors (Lipinski definition) is 7. The number of aromatic amines is 1. The third-order valence-electron chi connectivity index (χ3n) is 5.28. The van der Waals surface area contributed by atoms with E-state index in [9.17, 15) is 14.4 Å². The number of rotatable bonds is 7. The van der Waals surface area contributed by atoms with Crippen LogP contribution < -0.4 is 0 Å². The Balaban J connectivity index is 1.67. The molecule has 3 heterocycles. The molecule has 1 atom stereocenters. The van der Waals surface area contributed by atoms with Crippen LogP contribution in [0.15, 0.2) is 6.33 Å². The topological polar surface area (TPSA) is 119 Å². The minimum Gasteiger partial charge on any atom is -0.454 e. The Morgan fingerprint density at radius 3 is 2.53 bits per heavy atom. The molecule has 0 bridgehead atoms. The maximum Gasteiger partial charge on any atom is 0.306 e. The van der Waals surface area contributed by atoms with E-state index in [1.54, 1.807) is 18.4 Å². The summed E-state index contributed by atoms with van der Waals surface area (Å²) < 4.78 is 6.98. The number of aromatic nitrogens is 5. The fourth-order valence-electron chi connectivity index (χ4n) is 3.78. The largest absolute Gasteiger partial charge is 0.454 e. The molecule has 0 saturated carbocycles. The van der Waals surface area contributed by atoms with E-state index >= 15 is 0 Å². The van der Waals surface area contributed by atoms with Crippen molar-refractivity contribution in [2.75, 3.05) is 0 Å². The van der Waals surface area contributed by atoms with Gasteiger partial charge in [-0.05, 0) is 59.1 Å². The molecule has 0 aliphatic carbocycles. The van der Waals surface area contributed by atoms with E-state index in [1.165, 1.54) is 20.2 Å². The molecule has 0 radical (unpaired) electrons. The Hall–Kier alpha value is -3.36. The number of carbonyl (C=O) groups excluding carboxylic acids is 3. The highest BCUT2D eigenvalue weighted by Crippen LogP contribution is 2.21. The molecule has 0 saturated heterocycles. The molecule has 0 aliphatic heterocycles. The molecule has 0 unspecified atom stereocenters. The van der Waals surface area contributed by atoms with Crippen LogP contribution in [0.25, 0.3) is 5.78 Å². The van der Waals surface area contributed by atoms with E-state index in [0.29, 0.717) is 34.7 Å². The molecule has 1 N–H and O–H groups in total. The van der Waals surface area contributed by atoms with Crippen LogP contribution in [0.2, 0.25) is 0 Å². The summed E-state index contributed by atoms with van der Waals surface area (Å²) in [6.45, 7) is 10.2. The number of esters is 1. The Kier molecular flexibility index (Phi) is 5.82. The molecule has 3 rings (SSSR count). The average molecular weight is 411 g/mol. The fourth-order valence-corrected chi connectivity index (χ4v) is 3.78. The first-order valence-corrected chi connectivity index (χ1v) is 9.71. The van der Waals surface area contributed by atoms with Crippen LogP contribution >= 0.6 is 0 Å². The zero-order chi connectivity index (χ0) is 22.2. The number of nitrogens with one attached hydrogen (secondary N) is 1. The van der Waals surface area contributed by atoms with Crippen LogP contribution in [0.3, 0.4) is 0 Å². The highest BCUT2D eigenvalue weighted by atomic mass is 16.5. The molecule has 0 aromatic carbocycles. The van der Waals surface area contributed by atoms with Gasteiger partial charge in [0.2, 0.25) is 5.78 Å². The Labute approximate surface area is 173 Å². The van der Waals surface area contributed by atoms with Gasteiger partial charge in [0.25, 0.3) is 5.78 Å². The molecule has 3 aromatic rings. The van der Waals surface area contributed by atoms with Gasteiger partial charge in [-0.15, -0.1) is 0 Å². The molecule has 0 fully saturated rings. The normalized spacial score (nSPS) is 12.2. The number of aryl methyl sites for hydroxylation is 3. The van der Waals surface area contributed by atoms with Crippen LogP contribution in [-0.4, -0.2) is 48.2 Å². The van der Waals surface area contributed by atoms with Crippen molar-refractivity contribution in [3.63, 3.8) is 0 Å². The fraction of sp³-hybridized carbons (Fsp3) is 0.429. The highest BCUT2D eigenvalue weighted by molar-refractivity contribution is 6.05. The second-order valence-electron chi connectivity index (χ2n) is 7.41. The number of fused-ring (bicyclic) bond motifs is 1. The summed E-state index contributed by atoms with van der Waals surface area (Å²) in [4.78, 5) is 48.3. The quantitative estimate of drug-likeness (QED) is 0.469. The second kappa shape index (κ2) is 8.17. The number of Topliss-reactive ketones (excluding diaryl/α,β-unsaturated/α-hetero) is 2. The molecule has 158 valence electrons. The van der Waals surface area contributed by atoms with Gasteiger partial charge in [0.15, 0.2) is 11.9 Å². The molecule has 3 aromatic heterocycles. The van der Waals surface area contributed by atoms with E-state index < -0.39 is 12.1 Å². The van der Waals surface area contributed by atoms with Crippen molar-refractivity contribution in [2.45, 2.75) is 60.5 Å². The van der Waals surface area contributed by atoms with Gasteiger partial charge in [0.1, 0.15) is 6.33 Å². The molecular formula is C21H25N5O4. The zero-order valence-electron chi connectivity index (χ0n) is 18.0.